The Balaban J connectivity index is 1.80. The summed E-state index contributed by atoms with van der Waals surface area (Å²) in [4.78, 5) is 14.5. The highest BCUT2D eigenvalue weighted by atomic mass is 79.9. The van der Waals surface area contributed by atoms with Crippen molar-refractivity contribution in [1.29, 1.82) is 0 Å². The zero-order valence-electron chi connectivity index (χ0n) is 9.95. The Labute approximate surface area is 127 Å². The van der Waals surface area contributed by atoms with Gasteiger partial charge in [0.25, 0.3) is 5.91 Å². The third-order valence-corrected chi connectivity index (χ3v) is 3.52. The topological polar surface area (TPSA) is 54.1 Å². The van der Waals surface area contributed by atoms with Gasteiger partial charge in [0.1, 0.15) is 5.75 Å². The van der Waals surface area contributed by atoms with Gasteiger partial charge < -0.3 is 15.0 Å². The standard InChI is InChI=1S/C13H12Br2N2O2/c14-10-1-2-12(11(15)5-10)19-8-13(18)17-7-9-3-4-16-6-9/h1-6,16H,7-8H2,(H,17,18). The number of carbonyl (C=O) groups excluding carboxylic acids is 1. The first kappa shape index (κ1) is 14.1. The van der Waals surface area contributed by atoms with Crippen LogP contribution in [0.4, 0.5) is 0 Å². The Bertz CT molecular complexity index is 556. The number of rotatable bonds is 5. The number of carbonyl (C=O) groups is 1. The summed E-state index contributed by atoms with van der Waals surface area (Å²) in [7, 11) is 0. The summed E-state index contributed by atoms with van der Waals surface area (Å²) in [5.41, 5.74) is 1.03. The first-order valence-electron chi connectivity index (χ1n) is 5.61. The minimum Gasteiger partial charge on any atom is -0.483 e. The Morgan fingerprint density at radius 1 is 1.32 bits per heavy atom. The highest BCUT2D eigenvalue weighted by Crippen LogP contribution is 2.27. The number of aromatic nitrogens is 1. The van der Waals surface area contributed by atoms with E-state index in [0.29, 0.717) is 12.3 Å². The monoisotopic (exact) mass is 386 g/mol. The molecule has 0 unspecified atom stereocenters. The fraction of sp³-hybridized carbons (Fsp3) is 0.154. The number of ether oxygens (including phenoxy) is 1. The van der Waals surface area contributed by atoms with Gasteiger partial charge in [0.05, 0.1) is 4.47 Å². The van der Waals surface area contributed by atoms with Gasteiger partial charge in [-0.15, -0.1) is 0 Å². The van der Waals surface area contributed by atoms with Crippen molar-refractivity contribution in [1.82, 2.24) is 10.3 Å². The Hall–Kier alpha value is -1.27. The van der Waals surface area contributed by atoms with Crippen LogP contribution < -0.4 is 10.1 Å². The van der Waals surface area contributed by atoms with Crippen LogP contribution in [0.3, 0.4) is 0 Å². The maximum absolute atomic E-state index is 11.6. The Kier molecular flexibility index (Phi) is 5.04. The van der Waals surface area contributed by atoms with E-state index in [1.54, 1.807) is 6.07 Å². The lowest BCUT2D eigenvalue weighted by Gasteiger charge is -2.08. The van der Waals surface area contributed by atoms with E-state index in [0.717, 1.165) is 14.5 Å². The minimum atomic E-state index is -0.156. The number of hydrogen-bond donors (Lipinski definition) is 2. The fourth-order valence-electron chi connectivity index (χ4n) is 1.46. The molecule has 0 saturated carbocycles. The molecule has 4 nitrogen and oxygen atoms in total. The summed E-state index contributed by atoms with van der Waals surface area (Å²) in [6.45, 7) is 0.484. The number of aromatic amines is 1. The molecule has 0 radical (unpaired) electrons. The molecule has 1 aromatic carbocycles. The van der Waals surface area contributed by atoms with E-state index in [1.807, 2.05) is 30.6 Å². The van der Waals surface area contributed by atoms with Gasteiger partial charge in [0.2, 0.25) is 0 Å². The van der Waals surface area contributed by atoms with Crippen LogP contribution in [-0.4, -0.2) is 17.5 Å². The van der Waals surface area contributed by atoms with E-state index >= 15 is 0 Å². The number of nitrogens with one attached hydrogen (secondary N) is 2. The van der Waals surface area contributed by atoms with E-state index in [-0.39, 0.29) is 12.5 Å². The molecule has 0 bridgehead atoms. The molecular formula is C13H12Br2N2O2. The fourth-order valence-corrected chi connectivity index (χ4v) is 2.62. The average molecular weight is 388 g/mol. The average Bonchev–Trinajstić information content (AvgIpc) is 2.88. The summed E-state index contributed by atoms with van der Waals surface area (Å²) in [6, 6.07) is 7.44. The second kappa shape index (κ2) is 6.77. The van der Waals surface area contributed by atoms with Crippen LogP contribution in [0.2, 0.25) is 0 Å². The molecule has 0 aliphatic rings. The number of hydrogen-bond acceptors (Lipinski definition) is 2. The van der Waals surface area contributed by atoms with E-state index in [1.165, 1.54) is 0 Å². The molecule has 0 fully saturated rings. The van der Waals surface area contributed by atoms with Crippen molar-refractivity contribution in [2.24, 2.45) is 0 Å². The highest BCUT2D eigenvalue weighted by Gasteiger charge is 2.06. The molecule has 1 aromatic heterocycles. The summed E-state index contributed by atoms with van der Waals surface area (Å²) in [5, 5.41) is 2.78. The van der Waals surface area contributed by atoms with Gasteiger partial charge in [-0.1, -0.05) is 15.9 Å². The summed E-state index contributed by atoms with van der Waals surface area (Å²) >= 11 is 6.73. The number of benzene rings is 1. The normalized spacial score (nSPS) is 10.2. The van der Waals surface area contributed by atoms with Crippen LogP contribution in [0.5, 0.6) is 5.75 Å². The van der Waals surface area contributed by atoms with Crippen LogP contribution in [0, 0.1) is 0 Å². The third-order valence-electron chi connectivity index (χ3n) is 2.40. The van der Waals surface area contributed by atoms with E-state index in [2.05, 4.69) is 42.2 Å². The number of H-pyrrole nitrogens is 1. The maximum Gasteiger partial charge on any atom is 0.258 e. The van der Waals surface area contributed by atoms with Gasteiger partial charge in [0, 0.05) is 23.4 Å². The van der Waals surface area contributed by atoms with Gasteiger partial charge in [-0.05, 0) is 45.8 Å². The molecule has 0 aliphatic heterocycles. The van der Waals surface area contributed by atoms with Gasteiger partial charge in [-0.2, -0.15) is 0 Å². The Morgan fingerprint density at radius 2 is 2.16 bits per heavy atom. The highest BCUT2D eigenvalue weighted by molar-refractivity contribution is 9.11. The molecule has 1 heterocycles. The minimum absolute atomic E-state index is 0.00927. The zero-order valence-corrected chi connectivity index (χ0v) is 13.1. The molecule has 0 spiro atoms. The van der Waals surface area contributed by atoms with Gasteiger partial charge in [-0.3, -0.25) is 4.79 Å². The van der Waals surface area contributed by atoms with Crippen molar-refractivity contribution in [2.45, 2.75) is 6.54 Å². The molecule has 0 saturated heterocycles. The number of halogens is 2. The lowest BCUT2D eigenvalue weighted by atomic mass is 10.3. The van der Waals surface area contributed by atoms with Crippen molar-refractivity contribution >= 4 is 37.8 Å². The van der Waals surface area contributed by atoms with Crippen molar-refractivity contribution in [2.75, 3.05) is 6.61 Å². The van der Waals surface area contributed by atoms with Gasteiger partial charge >= 0.3 is 0 Å². The summed E-state index contributed by atoms with van der Waals surface area (Å²) < 4.78 is 7.19. The second-order valence-electron chi connectivity index (χ2n) is 3.86. The predicted octanol–water partition coefficient (Wildman–Crippen LogP) is 3.23. The van der Waals surface area contributed by atoms with E-state index in [4.69, 9.17) is 4.74 Å². The lowest BCUT2D eigenvalue weighted by Crippen LogP contribution is -2.28. The quantitative estimate of drug-likeness (QED) is 0.827. The van der Waals surface area contributed by atoms with Crippen LogP contribution in [-0.2, 0) is 11.3 Å². The predicted molar refractivity (Wildman–Crippen MR) is 80.0 cm³/mol. The molecule has 0 aliphatic carbocycles. The molecule has 1 amide bonds. The van der Waals surface area contributed by atoms with E-state index < -0.39 is 0 Å². The van der Waals surface area contributed by atoms with Crippen LogP contribution in [0.15, 0.2) is 45.6 Å². The molecular weight excluding hydrogens is 376 g/mol. The molecule has 19 heavy (non-hydrogen) atoms. The van der Waals surface area contributed by atoms with Crippen molar-refractivity contribution in [3.8, 4) is 5.75 Å². The molecule has 2 aromatic rings. The van der Waals surface area contributed by atoms with Crippen molar-refractivity contribution < 1.29 is 9.53 Å². The molecule has 6 heteroatoms. The van der Waals surface area contributed by atoms with Crippen LogP contribution in [0.1, 0.15) is 5.56 Å². The maximum atomic E-state index is 11.6. The first-order chi connectivity index (χ1) is 9.15. The van der Waals surface area contributed by atoms with E-state index in [9.17, 15) is 4.79 Å². The van der Waals surface area contributed by atoms with Crippen LogP contribution in [0.25, 0.3) is 0 Å². The van der Waals surface area contributed by atoms with Crippen molar-refractivity contribution in [3.05, 3.63) is 51.2 Å². The number of amides is 1. The molecule has 100 valence electrons. The first-order valence-corrected chi connectivity index (χ1v) is 7.20. The van der Waals surface area contributed by atoms with Crippen LogP contribution >= 0.6 is 31.9 Å². The van der Waals surface area contributed by atoms with Gasteiger partial charge in [0.15, 0.2) is 6.61 Å². The molecule has 2 rings (SSSR count). The second-order valence-corrected chi connectivity index (χ2v) is 5.63. The summed E-state index contributed by atoms with van der Waals surface area (Å²) in [6.07, 6.45) is 3.66. The SMILES string of the molecule is O=C(COc1ccc(Br)cc1Br)NCc1cc[nH]c1. The lowest BCUT2D eigenvalue weighted by molar-refractivity contribution is -0.123. The Morgan fingerprint density at radius 3 is 2.84 bits per heavy atom. The van der Waals surface area contributed by atoms with Crippen molar-refractivity contribution in [3.63, 3.8) is 0 Å². The third kappa shape index (κ3) is 4.40. The summed E-state index contributed by atoms with van der Waals surface area (Å²) in [5.74, 6) is 0.482. The largest absolute Gasteiger partial charge is 0.483 e. The molecule has 2 N–H and O–H groups in total. The zero-order chi connectivity index (χ0) is 13.7. The molecule has 0 atom stereocenters. The smallest absolute Gasteiger partial charge is 0.258 e. The van der Waals surface area contributed by atoms with Gasteiger partial charge in [-0.25, -0.2) is 0 Å².